The van der Waals surface area contributed by atoms with Crippen molar-refractivity contribution in [3.8, 4) is 5.75 Å². The van der Waals surface area contributed by atoms with E-state index in [1.54, 1.807) is 18.4 Å². The van der Waals surface area contributed by atoms with Gasteiger partial charge in [-0.15, -0.1) is 11.3 Å². The molecule has 96 valence electrons. The Kier molecular flexibility index (Phi) is 5.20. The Morgan fingerprint density at radius 3 is 2.61 bits per heavy atom. The molecule has 0 aliphatic carbocycles. The van der Waals surface area contributed by atoms with E-state index >= 15 is 0 Å². The molecule has 1 unspecified atom stereocenters. The maximum atomic E-state index is 5.17. The Hall–Kier alpha value is -0.870. The Balaban J connectivity index is 1.96. The summed E-state index contributed by atoms with van der Waals surface area (Å²) >= 11 is 5.33. The van der Waals surface area contributed by atoms with E-state index in [1.165, 1.54) is 10.6 Å². The van der Waals surface area contributed by atoms with E-state index in [1.807, 2.05) is 23.7 Å². The van der Waals surface area contributed by atoms with Gasteiger partial charge in [0.25, 0.3) is 0 Å². The Bertz CT molecular complexity index is 455. The van der Waals surface area contributed by atoms with Gasteiger partial charge in [0.05, 0.1) is 12.1 Å². The predicted octanol–water partition coefficient (Wildman–Crippen LogP) is 3.95. The van der Waals surface area contributed by atoms with Crippen molar-refractivity contribution in [1.29, 1.82) is 0 Å². The van der Waals surface area contributed by atoms with E-state index in [9.17, 15) is 0 Å². The maximum Gasteiger partial charge on any atom is 0.118 e. The van der Waals surface area contributed by atoms with Gasteiger partial charge in [0.15, 0.2) is 0 Å². The number of hydrogen-bond acceptors (Lipinski definition) is 3. The molecule has 0 spiro atoms. The first kappa shape index (κ1) is 13.6. The Labute approximate surface area is 120 Å². The molecular formula is C14H16BrNOS. The van der Waals surface area contributed by atoms with E-state index in [4.69, 9.17) is 4.74 Å². The smallest absolute Gasteiger partial charge is 0.118 e. The minimum Gasteiger partial charge on any atom is -0.497 e. The number of thiazole rings is 1. The molecule has 1 atom stereocenters. The molecule has 4 heteroatoms. The van der Waals surface area contributed by atoms with Gasteiger partial charge in [-0.1, -0.05) is 28.1 Å². The van der Waals surface area contributed by atoms with Crippen molar-refractivity contribution in [1.82, 2.24) is 4.98 Å². The zero-order valence-corrected chi connectivity index (χ0v) is 12.7. The van der Waals surface area contributed by atoms with Crippen LogP contribution >= 0.6 is 27.3 Å². The van der Waals surface area contributed by atoms with E-state index < -0.39 is 0 Å². The van der Waals surface area contributed by atoms with Gasteiger partial charge in [0.2, 0.25) is 0 Å². The average molecular weight is 326 g/mol. The van der Waals surface area contributed by atoms with Crippen molar-refractivity contribution >= 4 is 27.3 Å². The van der Waals surface area contributed by atoms with Crippen LogP contribution in [0.4, 0.5) is 0 Å². The summed E-state index contributed by atoms with van der Waals surface area (Å²) in [6, 6.07) is 8.31. The molecule has 1 aromatic heterocycles. The molecule has 0 saturated heterocycles. The summed E-state index contributed by atoms with van der Waals surface area (Å²) in [5.41, 5.74) is 1.34. The second-order valence-corrected chi connectivity index (χ2v) is 5.83. The summed E-state index contributed by atoms with van der Waals surface area (Å²) in [7, 11) is 1.69. The summed E-state index contributed by atoms with van der Waals surface area (Å²) in [4.78, 5) is 4.35. The summed E-state index contributed by atoms with van der Waals surface area (Å²) < 4.78 is 5.17. The molecule has 2 aromatic rings. The second-order valence-electron chi connectivity index (χ2n) is 4.20. The highest BCUT2D eigenvalue weighted by Gasteiger charge is 2.11. The van der Waals surface area contributed by atoms with Crippen molar-refractivity contribution in [3.05, 3.63) is 46.4 Å². The SMILES string of the molecule is COc1ccc(CC(CBr)Cc2nccs2)cc1. The molecule has 0 fully saturated rings. The Morgan fingerprint density at radius 2 is 2.06 bits per heavy atom. The number of halogens is 1. The largest absolute Gasteiger partial charge is 0.497 e. The molecule has 0 radical (unpaired) electrons. The second kappa shape index (κ2) is 6.90. The standard InChI is InChI=1S/C14H16BrNOS/c1-17-13-4-2-11(3-5-13)8-12(10-15)9-14-16-6-7-18-14/h2-7,12H,8-10H2,1H3. The van der Waals surface area contributed by atoms with E-state index in [0.717, 1.165) is 23.9 Å². The monoisotopic (exact) mass is 325 g/mol. The van der Waals surface area contributed by atoms with Crippen LogP contribution in [0.3, 0.4) is 0 Å². The number of alkyl halides is 1. The molecule has 0 bridgehead atoms. The number of benzene rings is 1. The van der Waals surface area contributed by atoms with Crippen molar-refractivity contribution < 1.29 is 4.74 Å². The van der Waals surface area contributed by atoms with Crippen LogP contribution < -0.4 is 4.74 Å². The Morgan fingerprint density at radius 1 is 1.28 bits per heavy atom. The first-order valence-electron chi connectivity index (χ1n) is 5.89. The van der Waals surface area contributed by atoms with Gasteiger partial charge in [-0.05, 0) is 30.0 Å². The molecule has 0 N–H and O–H groups in total. The minimum atomic E-state index is 0.588. The van der Waals surface area contributed by atoms with Crippen LogP contribution in [0.25, 0.3) is 0 Å². The molecule has 18 heavy (non-hydrogen) atoms. The summed E-state index contributed by atoms with van der Waals surface area (Å²) in [6.45, 7) is 0. The quantitative estimate of drug-likeness (QED) is 0.750. The fourth-order valence-electron chi connectivity index (χ4n) is 1.88. The topological polar surface area (TPSA) is 22.1 Å². The lowest BCUT2D eigenvalue weighted by atomic mass is 9.98. The molecule has 0 aliphatic heterocycles. The molecule has 0 aliphatic rings. The third-order valence-corrected chi connectivity index (χ3v) is 4.57. The van der Waals surface area contributed by atoms with Crippen molar-refractivity contribution in [2.45, 2.75) is 12.8 Å². The molecule has 1 heterocycles. The first-order valence-corrected chi connectivity index (χ1v) is 7.89. The van der Waals surface area contributed by atoms with E-state index in [2.05, 4.69) is 33.0 Å². The van der Waals surface area contributed by atoms with E-state index in [0.29, 0.717) is 5.92 Å². The van der Waals surface area contributed by atoms with Crippen molar-refractivity contribution in [2.24, 2.45) is 5.92 Å². The first-order chi connectivity index (χ1) is 8.81. The van der Waals surface area contributed by atoms with Gasteiger partial charge in [0, 0.05) is 23.3 Å². The van der Waals surface area contributed by atoms with Gasteiger partial charge in [-0.25, -0.2) is 4.98 Å². The lowest BCUT2D eigenvalue weighted by molar-refractivity contribution is 0.414. The van der Waals surface area contributed by atoms with Gasteiger partial charge < -0.3 is 4.74 Å². The highest BCUT2D eigenvalue weighted by Crippen LogP contribution is 2.20. The van der Waals surface area contributed by atoms with Crippen LogP contribution in [-0.4, -0.2) is 17.4 Å². The zero-order valence-electron chi connectivity index (χ0n) is 10.3. The lowest BCUT2D eigenvalue weighted by Gasteiger charge is -2.12. The van der Waals surface area contributed by atoms with Crippen LogP contribution in [0.1, 0.15) is 10.6 Å². The average Bonchev–Trinajstić information content (AvgIpc) is 2.91. The van der Waals surface area contributed by atoms with Crippen LogP contribution in [-0.2, 0) is 12.8 Å². The van der Waals surface area contributed by atoms with Crippen LogP contribution in [0.15, 0.2) is 35.8 Å². The summed E-state index contributed by atoms with van der Waals surface area (Å²) in [5.74, 6) is 1.50. The van der Waals surface area contributed by atoms with Crippen LogP contribution in [0.2, 0.25) is 0 Å². The van der Waals surface area contributed by atoms with Gasteiger partial charge in [0.1, 0.15) is 5.75 Å². The normalized spacial score (nSPS) is 12.3. The van der Waals surface area contributed by atoms with Gasteiger partial charge in [-0.2, -0.15) is 0 Å². The lowest BCUT2D eigenvalue weighted by Crippen LogP contribution is -2.09. The highest BCUT2D eigenvalue weighted by atomic mass is 79.9. The third kappa shape index (κ3) is 3.82. The summed E-state index contributed by atoms with van der Waals surface area (Å²) in [6.07, 6.45) is 3.97. The number of ether oxygens (including phenoxy) is 1. The predicted molar refractivity (Wildman–Crippen MR) is 79.8 cm³/mol. The highest BCUT2D eigenvalue weighted by molar-refractivity contribution is 9.09. The van der Waals surface area contributed by atoms with Gasteiger partial charge >= 0.3 is 0 Å². The number of methoxy groups -OCH3 is 1. The minimum absolute atomic E-state index is 0.588. The fourth-order valence-corrected chi connectivity index (χ4v) is 3.07. The van der Waals surface area contributed by atoms with Crippen LogP contribution in [0, 0.1) is 5.92 Å². The molecule has 2 rings (SSSR count). The maximum absolute atomic E-state index is 5.17. The van der Waals surface area contributed by atoms with Gasteiger partial charge in [-0.3, -0.25) is 0 Å². The fraction of sp³-hybridized carbons (Fsp3) is 0.357. The van der Waals surface area contributed by atoms with Crippen LogP contribution in [0.5, 0.6) is 5.75 Å². The van der Waals surface area contributed by atoms with E-state index in [-0.39, 0.29) is 0 Å². The molecule has 0 amide bonds. The number of hydrogen-bond donors (Lipinski definition) is 0. The molecular weight excluding hydrogens is 310 g/mol. The van der Waals surface area contributed by atoms with Crippen molar-refractivity contribution in [2.75, 3.05) is 12.4 Å². The zero-order chi connectivity index (χ0) is 12.8. The number of nitrogens with zero attached hydrogens (tertiary/aromatic N) is 1. The number of aromatic nitrogens is 1. The molecule has 2 nitrogen and oxygen atoms in total. The van der Waals surface area contributed by atoms with Crippen molar-refractivity contribution in [3.63, 3.8) is 0 Å². The number of rotatable bonds is 6. The third-order valence-electron chi connectivity index (χ3n) is 2.85. The molecule has 0 saturated carbocycles. The molecule has 1 aromatic carbocycles. The summed E-state index contributed by atoms with van der Waals surface area (Å²) in [5, 5.41) is 4.25.